The smallest absolute Gasteiger partial charge is 0.253 e. The Kier molecular flexibility index (Phi) is 5.78. The summed E-state index contributed by atoms with van der Waals surface area (Å²) in [5.74, 6) is 2.20. The molecule has 0 aliphatic carbocycles. The zero-order valence-electron chi connectivity index (χ0n) is 13.9. The lowest BCUT2D eigenvalue weighted by Gasteiger charge is -2.19. The Hall–Kier alpha value is -2.25. The van der Waals surface area contributed by atoms with Gasteiger partial charge in [-0.2, -0.15) is 5.10 Å². The maximum absolute atomic E-state index is 12.6. The lowest BCUT2D eigenvalue weighted by atomic mass is 10.0. The van der Waals surface area contributed by atoms with Gasteiger partial charge in [-0.15, -0.1) is 11.8 Å². The van der Waals surface area contributed by atoms with Crippen molar-refractivity contribution in [1.29, 1.82) is 0 Å². The molecule has 132 valence electrons. The highest BCUT2D eigenvalue weighted by molar-refractivity contribution is 7.99. The minimum atomic E-state index is -0.241. The largest absolute Gasteiger partial charge is 0.497 e. The molecule has 25 heavy (non-hydrogen) atoms. The molecule has 1 aliphatic rings. The van der Waals surface area contributed by atoms with Crippen molar-refractivity contribution in [2.75, 3.05) is 25.2 Å². The molecule has 1 aromatic heterocycles. The van der Waals surface area contributed by atoms with Crippen molar-refractivity contribution >= 4 is 23.4 Å². The normalized spacial score (nSPS) is 16.8. The van der Waals surface area contributed by atoms with Gasteiger partial charge in [0.15, 0.2) is 0 Å². The molecule has 3 rings (SSSR count). The summed E-state index contributed by atoms with van der Waals surface area (Å²) >= 11 is 1.39. The fraction of sp³-hybridized carbons (Fsp3) is 0.333. The Morgan fingerprint density at radius 1 is 1.40 bits per heavy atom. The highest BCUT2D eigenvalue weighted by Crippen LogP contribution is 2.33. The molecule has 0 bridgehead atoms. The van der Waals surface area contributed by atoms with Crippen LogP contribution in [0.15, 0.2) is 52.2 Å². The lowest BCUT2D eigenvalue weighted by molar-refractivity contribution is -0.130. The molecule has 1 N–H and O–H groups in total. The van der Waals surface area contributed by atoms with Crippen molar-refractivity contribution in [3.05, 3.63) is 54.0 Å². The summed E-state index contributed by atoms with van der Waals surface area (Å²) in [5.41, 5.74) is 1.79. The molecular formula is C18H20N2O4S. The second-order valence-corrected chi connectivity index (χ2v) is 6.63. The third-order valence-corrected chi connectivity index (χ3v) is 4.84. The van der Waals surface area contributed by atoms with Crippen LogP contribution < -0.4 is 4.74 Å². The van der Waals surface area contributed by atoms with E-state index in [1.54, 1.807) is 13.4 Å². The van der Waals surface area contributed by atoms with Crippen LogP contribution in [0.5, 0.6) is 5.75 Å². The summed E-state index contributed by atoms with van der Waals surface area (Å²) < 4.78 is 10.7. The van der Waals surface area contributed by atoms with Gasteiger partial charge in [-0.3, -0.25) is 4.79 Å². The van der Waals surface area contributed by atoms with E-state index >= 15 is 0 Å². The van der Waals surface area contributed by atoms with Crippen LogP contribution in [0.1, 0.15) is 23.8 Å². The molecule has 2 heterocycles. The Balaban J connectivity index is 1.81. The molecule has 1 aromatic carbocycles. The Bertz CT molecular complexity index is 728. The van der Waals surface area contributed by atoms with E-state index in [9.17, 15) is 4.79 Å². The van der Waals surface area contributed by atoms with Crippen LogP contribution in [0.2, 0.25) is 0 Å². The van der Waals surface area contributed by atoms with E-state index in [2.05, 4.69) is 5.10 Å². The number of methoxy groups -OCH3 is 1. The standard InChI is InChI=1S/C18H20N2O4S/c1-23-14-6-4-13(5-7-14)15-11-16(17-3-2-9-24-17)20(19-15)18(22)12-25-10-8-21/h2-7,9,16,21H,8,10-12H2,1H3/t16-/m1/s1. The minimum Gasteiger partial charge on any atom is -0.497 e. The first-order valence-corrected chi connectivity index (χ1v) is 9.14. The van der Waals surface area contributed by atoms with Gasteiger partial charge in [-0.25, -0.2) is 5.01 Å². The Morgan fingerprint density at radius 2 is 2.20 bits per heavy atom. The number of furan rings is 1. The van der Waals surface area contributed by atoms with Crippen molar-refractivity contribution in [1.82, 2.24) is 5.01 Å². The highest BCUT2D eigenvalue weighted by Gasteiger charge is 2.34. The average Bonchev–Trinajstić information content (AvgIpc) is 3.31. The molecule has 6 nitrogen and oxygen atoms in total. The summed E-state index contributed by atoms with van der Waals surface area (Å²) in [6.45, 7) is 0.0555. The van der Waals surface area contributed by atoms with E-state index in [1.165, 1.54) is 16.8 Å². The summed E-state index contributed by atoms with van der Waals surface area (Å²) in [6, 6.07) is 11.1. The van der Waals surface area contributed by atoms with Crippen LogP contribution in [-0.4, -0.2) is 47.0 Å². The van der Waals surface area contributed by atoms with E-state index in [4.69, 9.17) is 14.3 Å². The fourth-order valence-corrected chi connectivity index (χ4v) is 3.27. The predicted molar refractivity (Wildman–Crippen MR) is 96.9 cm³/mol. The first-order chi connectivity index (χ1) is 12.2. The van der Waals surface area contributed by atoms with Gasteiger partial charge in [0.1, 0.15) is 17.6 Å². The van der Waals surface area contributed by atoms with Gasteiger partial charge < -0.3 is 14.3 Å². The van der Waals surface area contributed by atoms with Gasteiger partial charge in [-0.1, -0.05) is 0 Å². The van der Waals surface area contributed by atoms with Gasteiger partial charge in [0.05, 0.1) is 31.4 Å². The predicted octanol–water partition coefficient (Wildman–Crippen LogP) is 2.69. The zero-order chi connectivity index (χ0) is 17.6. The Labute approximate surface area is 150 Å². The minimum absolute atomic E-state index is 0.0555. The number of aliphatic hydroxyl groups excluding tert-OH is 1. The maximum atomic E-state index is 12.6. The van der Waals surface area contributed by atoms with Crippen LogP contribution >= 0.6 is 11.8 Å². The van der Waals surface area contributed by atoms with Crippen molar-refractivity contribution < 1.29 is 19.1 Å². The first-order valence-electron chi connectivity index (χ1n) is 7.99. The number of hydrazone groups is 1. The van der Waals surface area contributed by atoms with Gasteiger partial charge in [0.25, 0.3) is 5.91 Å². The first kappa shape index (κ1) is 17.6. The molecule has 0 saturated heterocycles. The quantitative estimate of drug-likeness (QED) is 0.769. The lowest BCUT2D eigenvalue weighted by Crippen LogP contribution is -2.28. The molecular weight excluding hydrogens is 340 g/mol. The van der Waals surface area contributed by atoms with Gasteiger partial charge in [0, 0.05) is 12.2 Å². The van der Waals surface area contributed by atoms with E-state index in [0.717, 1.165) is 17.0 Å². The van der Waals surface area contributed by atoms with Crippen LogP contribution in [0.25, 0.3) is 0 Å². The molecule has 1 amide bonds. The van der Waals surface area contributed by atoms with Crippen LogP contribution in [-0.2, 0) is 4.79 Å². The maximum Gasteiger partial charge on any atom is 0.253 e. The van der Waals surface area contributed by atoms with E-state index in [0.29, 0.717) is 17.9 Å². The molecule has 0 saturated carbocycles. The molecule has 7 heteroatoms. The molecule has 0 radical (unpaired) electrons. The third kappa shape index (κ3) is 4.05. The second kappa shape index (κ2) is 8.22. The number of carbonyl (C=O) groups is 1. The second-order valence-electron chi connectivity index (χ2n) is 5.53. The molecule has 2 aromatic rings. The Morgan fingerprint density at radius 3 is 2.84 bits per heavy atom. The zero-order valence-corrected chi connectivity index (χ0v) is 14.7. The number of ether oxygens (including phenoxy) is 1. The van der Waals surface area contributed by atoms with Crippen LogP contribution in [0.4, 0.5) is 0 Å². The van der Waals surface area contributed by atoms with Gasteiger partial charge in [0.2, 0.25) is 0 Å². The highest BCUT2D eigenvalue weighted by atomic mass is 32.2. The third-order valence-electron chi connectivity index (χ3n) is 3.92. The van der Waals surface area contributed by atoms with Crippen molar-refractivity contribution in [2.45, 2.75) is 12.5 Å². The van der Waals surface area contributed by atoms with E-state index in [1.807, 2.05) is 36.4 Å². The number of carbonyl (C=O) groups excluding carboxylic acids is 1. The topological polar surface area (TPSA) is 75.3 Å². The number of rotatable bonds is 7. The van der Waals surface area contributed by atoms with Crippen LogP contribution in [0.3, 0.4) is 0 Å². The average molecular weight is 360 g/mol. The molecule has 0 fully saturated rings. The molecule has 1 aliphatic heterocycles. The number of thioether (sulfide) groups is 1. The summed E-state index contributed by atoms with van der Waals surface area (Å²) in [7, 11) is 1.62. The van der Waals surface area contributed by atoms with Gasteiger partial charge in [-0.05, 0) is 42.0 Å². The SMILES string of the molecule is COc1ccc(C2=NN(C(=O)CSCCO)[C@@H](c3ccco3)C2)cc1. The summed E-state index contributed by atoms with van der Waals surface area (Å²) in [4.78, 5) is 12.6. The summed E-state index contributed by atoms with van der Waals surface area (Å²) in [5, 5.41) is 14.9. The number of hydrogen-bond donors (Lipinski definition) is 1. The number of nitrogens with zero attached hydrogens (tertiary/aromatic N) is 2. The van der Waals surface area contributed by atoms with Crippen molar-refractivity contribution in [3.63, 3.8) is 0 Å². The number of aliphatic hydroxyl groups is 1. The van der Waals surface area contributed by atoms with Crippen LogP contribution in [0, 0.1) is 0 Å². The van der Waals surface area contributed by atoms with Crippen molar-refractivity contribution in [2.24, 2.45) is 5.10 Å². The number of hydrogen-bond acceptors (Lipinski definition) is 6. The monoisotopic (exact) mass is 360 g/mol. The fourth-order valence-electron chi connectivity index (χ4n) is 2.69. The molecule has 0 spiro atoms. The van der Waals surface area contributed by atoms with Crippen molar-refractivity contribution in [3.8, 4) is 5.75 Å². The summed E-state index contributed by atoms with van der Waals surface area (Å²) in [6.07, 6.45) is 2.19. The molecule has 0 unspecified atom stereocenters. The number of benzene rings is 1. The molecule has 1 atom stereocenters. The van der Waals surface area contributed by atoms with E-state index < -0.39 is 0 Å². The number of amides is 1. The van der Waals surface area contributed by atoms with E-state index in [-0.39, 0.29) is 24.3 Å². The van der Waals surface area contributed by atoms with Gasteiger partial charge >= 0.3 is 0 Å².